The monoisotopic (exact) mass is 271 g/mol. The second kappa shape index (κ2) is 7.81. The molecule has 0 aromatic heterocycles. The van der Waals surface area contributed by atoms with Gasteiger partial charge in [-0.3, -0.25) is 4.79 Å². The fourth-order valence-corrected chi connectivity index (χ4v) is 1.59. The summed E-state index contributed by atoms with van der Waals surface area (Å²) in [5, 5.41) is 17.2. The smallest absolute Gasteiger partial charge is 0.262 e. The average Bonchev–Trinajstić information content (AvgIpc) is 2.45. The summed E-state index contributed by atoms with van der Waals surface area (Å²) in [5.41, 5.74) is 1.19. The first-order valence-electron chi connectivity index (χ1n) is 6.33. The third-order valence-corrected chi connectivity index (χ3v) is 2.78. The summed E-state index contributed by atoms with van der Waals surface area (Å²) in [7, 11) is 0. The van der Waals surface area contributed by atoms with E-state index in [-0.39, 0.29) is 25.6 Å². The van der Waals surface area contributed by atoms with Crippen LogP contribution in [0, 0.1) is 22.7 Å². The van der Waals surface area contributed by atoms with Crippen molar-refractivity contribution in [2.45, 2.75) is 19.8 Å². The molecule has 1 aromatic rings. The summed E-state index contributed by atoms with van der Waals surface area (Å²) in [6.07, 6.45) is 0. The van der Waals surface area contributed by atoms with Gasteiger partial charge in [-0.15, -0.1) is 0 Å². The Morgan fingerprint density at radius 2 is 1.75 bits per heavy atom. The van der Waals surface area contributed by atoms with Crippen molar-refractivity contribution >= 4 is 5.91 Å². The lowest BCUT2D eigenvalue weighted by molar-refractivity contribution is -0.132. The largest absolute Gasteiger partial charge is 0.484 e. The van der Waals surface area contributed by atoms with E-state index in [0.29, 0.717) is 11.7 Å². The standard InChI is InChI=1S/C15H17N3O2/c1-12(2)13-3-5-14(6-4-13)20-11-15(19)18(9-7-16)10-8-17/h3-6,12H,9-11H2,1-2H3. The molecule has 0 spiro atoms. The van der Waals surface area contributed by atoms with Gasteiger partial charge < -0.3 is 9.64 Å². The molecule has 0 saturated carbocycles. The summed E-state index contributed by atoms with van der Waals surface area (Å²) < 4.78 is 5.37. The lowest BCUT2D eigenvalue weighted by Crippen LogP contribution is -2.35. The maximum absolute atomic E-state index is 11.8. The molecular formula is C15H17N3O2. The Bertz CT molecular complexity index is 508. The molecule has 0 N–H and O–H groups in total. The molecule has 0 aliphatic rings. The molecule has 1 amide bonds. The van der Waals surface area contributed by atoms with E-state index >= 15 is 0 Å². The van der Waals surface area contributed by atoms with Crippen molar-refractivity contribution in [2.75, 3.05) is 19.7 Å². The molecule has 0 aliphatic heterocycles. The van der Waals surface area contributed by atoms with Gasteiger partial charge in [0.1, 0.15) is 18.8 Å². The van der Waals surface area contributed by atoms with Crippen molar-refractivity contribution in [3.05, 3.63) is 29.8 Å². The van der Waals surface area contributed by atoms with Gasteiger partial charge in [-0.25, -0.2) is 0 Å². The van der Waals surface area contributed by atoms with E-state index in [9.17, 15) is 4.79 Å². The molecule has 104 valence electrons. The minimum absolute atomic E-state index is 0.109. The number of nitrogens with zero attached hydrogens (tertiary/aromatic N) is 3. The van der Waals surface area contributed by atoms with E-state index < -0.39 is 0 Å². The predicted molar refractivity (Wildman–Crippen MR) is 73.8 cm³/mol. The number of ether oxygens (including phenoxy) is 1. The number of amides is 1. The van der Waals surface area contributed by atoms with Crippen molar-refractivity contribution in [3.63, 3.8) is 0 Å². The van der Waals surface area contributed by atoms with Crippen molar-refractivity contribution < 1.29 is 9.53 Å². The lowest BCUT2D eigenvalue weighted by Gasteiger charge is -2.16. The number of hydrogen-bond acceptors (Lipinski definition) is 4. The molecular weight excluding hydrogens is 254 g/mol. The van der Waals surface area contributed by atoms with Gasteiger partial charge in [0.2, 0.25) is 0 Å². The van der Waals surface area contributed by atoms with Crippen molar-refractivity contribution in [2.24, 2.45) is 0 Å². The van der Waals surface area contributed by atoms with Crippen molar-refractivity contribution in [1.82, 2.24) is 4.90 Å². The molecule has 0 aliphatic carbocycles. The Balaban J connectivity index is 2.56. The van der Waals surface area contributed by atoms with E-state index in [0.717, 1.165) is 4.90 Å². The Kier molecular flexibility index (Phi) is 6.06. The minimum atomic E-state index is -0.374. The topological polar surface area (TPSA) is 77.1 Å². The van der Waals surface area contributed by atoms with Crippen LogP contribution in [0.15, 0.2) is 24.3 Å². The van der Waals surface area contributed by atoms with E-state index in [1.54, 1.807) is 0 Å². The third-order valence-electron chi connectivity index (χ3n) is 2.78. The van der Waals surface area contributed by atoms with Crippen LogP contribution in [0.1, 0.15) is 25.3 Å². The van der Waals surface area contributed by atoms with Gasteiger partial charge >= 0.3 is 0 Å². The molecule has 0 bridgehead atoms. The summed E-state index contributed by atoms with van der Waals surface area (Å²) in [4.78, 5) is 12.9. The minimum Gasteiger partial charge on any atom is -0.484 e. The molecule has 0 fully saturated rings. The van der Waals surface area contributed by atoms with Crippen molar-refractivity contribution in [3.8, 4) is 17.9 Å². The molecule has 0 atom stereocenters. The highest BCUT2D eigenvalue weighted by Crippen LogP contribution is 2.18. The number of carbonyl (C=O) groups excluding carboxylic acids is 1. The molecule has 0 radical (unpaired) electrons. The van der Waals surface area contributed by atoms with Crippen molar-refractivity contribution in [1.29, 1.82) is 10.5 Å². The first-order chi connectivity index (χ1) is 9.58. The zero-order valence-corrected chi connectivity index (χ0v) is 11.7. The van der Waals surface area contributed by atoms with Crippen LogP contribution in [-0.2, 0) is 4.79 Å². The first-order valence-corrected chi connectivity index (χ1v) is 6.33. The van der Waals surface area contributed by atoms with Crippen LogP contribution in [-0.4, -0.2) is 30.5 Å². The Morgan fingerprint density at radius 3 is 2.20 bits per heavy atom. The van der Waals surface area contributed by atoms with E-state index in [2.05, 4.69) is 13.8 Å². The van der Waals surface area contributed by atoms with Crippen LogP contribution in [0.5, 0.6) is 5.75 Å². The summed E-state index contributed by atoms with van der Waals surface area (Å²) in [6, 6.07) is 11.2. The zero-order chi connectivity index (χ0) is 15.0. The molecule has 0 saturated heterocycles. The number of benzene rings is 1. The fourth-order valence-electron chi connectivity index (χ4n) is 1.59. The number of hydrogen-bond donors (Lipinski definition) is 0. The van der Waals surface area contributed by atoms with Crippen LogP contribution in [0.25, 0.3) is 0 Å². The number of rotatable bonds is 6. The molecule has 1 rings (SSSR count). The van der Waals surface area contributed by atoms with E-state index in [1.165, 1.54) is 5.56 Å². The summed E-state index contributed by atoms with van der Waals surface area (Å²) >= 11 is 0. The molecule has 0 unspecified atom stereocenters. The maximum atomic E-state index is 11.8. The maximum Gasteiger partial charge on any atom is 0.262 e. The zero-order valence-electron chi connectivity index (χ0n) is 11.7. The van der Waals surface area contributed by atoms with Crippen LogP contribution in [0.3, 0.4) is 0 Å². The number of nitriles is 2. The van der Waals surface area contributed by atoms with Crippen LogP contribution < -0.4 is 4.74 Å². The highest BCUT2D eigenvalue weighted by atomic mass is 16.5. The quantitative estimate of drug-likeness (QED) is 0.742. The Hall–Kier alpha value is -2.53. The SMILES string of the molecule is CC(C)c1ccc(OCC(=O)N(CC#N)CC#N)cc1. The van der Waals surface area contributed by atoms with Gasteiger partial charge in [0.25, 0.3) is 5.91 Å². The Morgan fingerprint density at radius 1 is 1.20 bits per heavy atom. The normalized spacial score (nSPS) is 9.65. The molecule has 20 heavy (non-hydrogen) atoms. The fraction of sp³-hybridized carbons (Fsp3) is 0.400. The van der Waals surface area contributed by atoms with Gasteiger partial charge in [0.15, 0.2) is 6.61 Å². The first kappa shape index (κ1) is 15.5. The van der Waals surface area contributed by atoms with Crippen LogP contribution in [0.4, 0.5) is 0 Å². The lowest BCUT2D eigenvalue weighted by atomic mass is 10.0. The second-order valence-corrected chi connectivity index (χ2v) is 4.58. The van der Waals surface area contributed by atoms with Crippen LogP contribution >= 0.6 is 0 Å². The molecule has 0 heterocycles. The molecule has 5 nitrogen and oxygen atoms in total. The van der Waals surface area contributed by atoms with Gasteiger partial charge in [-0.05, 0) is 23.6 Å². The third kappa shape index (κ3) is 4.62. The van der Waals surface area contributed by atoms with Gasteiger partial charge in [0, 0.05) is 0 Å². The van der Waals surface area contributed by atoms with Gasteiger partial charge in [-0.1, -0.05) is 26.0 Å². The number of carbonyl (C=O) groups is 1. The van der Waals surface area contributed by atoms with Crippen LogP contribution in [0.2, 0.25) is 0 Å². The Labute approximate surface area is 119 Å². The van der Waals surface area contributed by atoms with E-state index in [4.69, 9.17) is 15.3 Å². The average molecular weight is 271 g/mol. The molecule has 5 heteroatoms. The second-order valence-electron chi connectivity index (χ2n) is 4.58. The van der Waals surface area contributed by atoms with Gasteiger partial charge in [0.05, 0.1) is 12.1 Å². The highest BCUT2D eigenvalue weighted by molar-refractivity contribution is 5.78. The predicted octanol–water partition coefficient (Wildman–Crippen LogP) is 2.06. The van der Waals surface area contributed by atoms with Gasteiger partial charge in [-0.2, -0.15) is 10.5 Å². The molecule has 1 aromatic carbocycles. The summed E-state index contributed by atoms with van der Waals surface area (Å²) in [6.45, 7) is 3.80. The highest BCUT2D eigenvalue weighted by Gasteiger charge is 2.13. The van der Waals surface area contributed by atoms with E-state index in [1.807, 2.05) is 36.4 Å². The summed E-state index contributed by atoms with van der Waals surface area (Å²) in [5.74, 6) is 0.657.